The Labute approximate surface area is 164 Å². The van der Waals surface area contributed by atoms with Crippen molar-refractivity contribution in [2.24, 2.45) is 0 Å². The van der Waals surface area contributed by atoms with Crippen LogP contribution in [0, 0.1) is 0 Å². The fourth-order valence-electron chi connectivity index (χ4n) is 4.20. The van der Waals surface area contributed by atoms with Crippen LogP contribution in [0.15, 0.2) is 30.3 Å². The monoisotopic (exact) mass is 379 g/mol. The van der Waals surface area contributed by atoms with Crippen LogP contribution in [0.2, 0.25) is 0 Å². The highest BCUT2D eigenvalue weighted by molar-refractivity contribution is 7.19. The first kappa shape index (κ1) is 17.1. The largest absolute Gasteiger partial charge is 0.376 e. The van der Waals surface area contributed by atoms with Crippen molar-refractivity contribution < 1.29 is 4.74 Å². The van der Waals surface area contributed by atoms with E-state index in [-0.39, 0.29) is 0 Å². The van der Waals surface area contributed by atoms with Gasteiger partial charge in [0.25, 0.3) is 0 Å². The Balaban J connectivity index is 1.52. The lowest BCUT2D eigenvalue weighted by atomic mass is 9.97. The average Bonchev–Trinajstić information content (AvgIpc) is 3.34. The summed E-state index contributed by atoms with van der Waals surface area (Å²) in [6.07, 6.45) is 8.30. The Morgan fingerprint density at radius 2 is 1.96 bits per heavy atom. The van der Waals surface area contributed by atoms with Gasteiger partial charge in [-0.15, -0.1) is 11.3 Å². The van der Waals surface area contributed by atoms with E-state index in [2.05, 4.69) is 35.6 Å². The molecule has 27 heavy (non-hydrogen) atoms. The molecule has 1 atom stereocenters. The van der Waals surface area contributed by atoms with Crippen molar-refractivity contribution in [3.8, 4) is 0 Å². The maximum Gasteiger partial charge on any atom is 0.138 e. The maximum absolute atomic E-state index is 5.80. The van der Waals surface area contributed by atoms with Crippen LogP contribution in [-0.4, -0.2) is 29.2 Å². The number of aryl methyl sites for hydroxylation is 2. The molecule has 2 aromatic heterocycles. The van der Waals surface area contributed by atoms with E-state index in [1.165, 1.54) is 47.1 Å². The average molecular weight is 380 g/mol. The molecule has 3 heterocycles. The quantitative estimate of drug-likeness (QED) is 0.695. The maximum atomic E-state index is 5.80. The van der Waals surface area contributed by atoms with E-state index in [1.54, 1.807) is 0 Å². The van der Waals surface area contributed by atoms with Gasteiger partial charge in [-0.3, -0.25) is 0 Å². The third-order valence-corrected chi connectivity index (χ3v) is 6.77. The van der Waals surface area contributed by atoms with Gasteiger partial charge >= 0.3 is 0 Å². The first-order valence-corrected chi connectivity index (χ1v) is 10.9. The minimum absolute atomic E-state index is 0.307. The minimum atomic E-state index is 0.307. The summed E-state index contributed by atoms with van der Waals surface area (Å²) in [4.78, 5) is 12.6. The summed E-state index contributed by atoms with van der Waals surface area (Å²) >= 11 is 1.87. The number of aromatic nitrogens is 2. The number of thiophene rings is 1. The van der Waals surface area contributed by atoms with E-state index in [9.17, 15) is 0 Å². The number of hydrogen-bond acceptors (Lipinski definition) is 5. The molecule has 1 N–H and O–H groups in total. The van der Waals surface area contributed by atoms with Crippen molar-refractivity contribution in [2.75, 3.05) is 18.5 Å². The Hall–Kier alpha value is -1.98. The second-order valence-corrected chi connectivity index (χ2v) is 8.64. The molecule has 1 aromatic carbocycles. The molecule has 1 unspecified atom stereocenters. The van der Waals surface area contributed by atoms with Crippen LogP contribution in [0.5, 0.6) is 0 Å². The smallest absolute Gasteiger partial charge is 0.138 e. The second kappa shape index (κ2) is 7.56. The first-order valence-electron chi connectivity index (χ1n) is 10.1. The Bertz CT molecular complexity index is 932. The molecule has 0 amide bonds. The summed E-state index contributed by atoms with van der Waals surface area (Å²) in [5.74, 6) is 1.92. The van der Waals surface area contributed by atoms with Crippen molar-refractivity contribution in [3.63, 3.8) is 0 Å². The van der Waals surface area contributed by atoms with Gasteiger partial charge in [0.2, 0.25) is 0 Å². The zero-order chi connectivity index (χ0) is 18.1. The highest BCUT2D eigenvalue weighted by Crippen LogP contribution is 2.38. The molecule has 0 spiro atoms. The third kappa shape index (κ3) is 3.58. The van der Waals surface area contributed by atoms with Crippen LogP contribution in [-0.2, 0) is 24.0 Å². The molecule has 1 aliphatic heterocycles. The number of benzene rings is 1. The molecule has 5 rings (SSSR count). The highest BCUT2D eigenvalue weighted by Gasteiger charge is 2.22. The third-order valence-electron chi connectivity index (χ3n) is 5.59. The normalized spacial score (nSPS) is 19.3. The SMILES string of the molecule is c1ccc(Cc2nc(NCC3CCCO3)c3c4c(sc3n2)CCCC4)cc1. The molecule has 4 nitrogen and oxygen atoms in total. The van der Waals surface area contributed by atoms with Crippen molar-refractivity contribution in [2.45, 2.75) is 51.0 Å². The van der Waals surface area contributed by atoms with Gasteiger partial charge in [-0.1, -0.05) is 30.3 Å². The summed E-state index contributed by atoms with van der Waals surface area (Å²) < 4.78 is 5.80. The van der Waals surface area contributed by atoms with Crippen LogP contribution < -0.4 is 5.32 Å². The lowest BCUT2D eigenvalue weighted by Gasteiger charge is -2.15. The number of rotatable bonds is 5. The zero-order valence-electron chi connectivity index (χ0n) is 15.5. The molecule has 5 heteroatoms. The summed E-state index contributed by atoms with van der Waals surface area (Å²) in [6, 6.07) is 10.5. The number of nitrogens with one attached hydrogen (secondary N) is 1. The second-order valence-electron chi connectivity index (χ2n) is 7.56. The Kier molecular flexibility index (Phi) is 4.80. The number of fused-ring (bicyclic) bond motifs is 3. The number of nitrogens with zero attached hydrogens (tertiary/aromatic N) is 2. The Morgan fingerprint density at radius 3 is 2.81 bits per heavy atom. The summed E-state index contributed by atoms with van der Waals surface area (Å²) in [5.41, 5.74) is 2.74. The number of anilines is 1. The van der Waals surface area contributed by atoms with Gasteiger partial charge in [0.05, 0.1) is 11.5 Å². The molecule has 0 bridgehead atoms. The van der Waals surface area contributed by atoms with E-state index in [0.29, 0.717) is 6.10 Å². The van der Waals surface area contributed by atoms with E-state index < -0.39 is 0 Å². The van der Waals surface area contributed by atoms with E-state index in [4.69, 9.17) is 14.7 Å². The molecule has 3 aromatic rings. The van der Waals surface area contributed by atoms with E-state index in [1.807, 2.05) is 11.3 Å². The van der Waals surface area contributed by atoms with Crippen molar-refractivity contribution >= 4 is 27.4 Å². The van der Waals surface area contributed by atoms with Crippen molar-refractivity contribution in [3.05, 3.63) is 52.2 Å². The summed E-state index contributed by atoms with van der Waals surface area (Å²) in [6.45, 7) is 1.72. The Morgan fingerprint density at radius 1 is 1.07 bits per heavy atom. The van der Waals surface area contributed by atoms with Gasteiger partial charge in [0, 0.05) is 24.4 Å². The molecule has 0 saturated carbocycles. The van der Waals surface area contributed by atoms with Gasteiger partial charge in [0.15, 0.2) is 0 Å². The van der Waals surface area contributed by atoms with Crippen LogP contribution in [0.4, 0.5) is 5.82 Å². The van der Waals surface area contributed by atoms with Gasteiger partial charge in [-0.2, -0.15) is 0 Å². The number of ether oxygens (including phenoxy) is 1. The molecule has 1 aliphatic carbocycles. The molecule has 140 valence electrons. The topological polar surface area (TPSA) is 47.0 Å². The van der Waals surface area contributed by atoms with E-state index >= 15 is 0 Å². The standard InChI is InChI=1S/C22H25N3OS/c1-2-7-15(8-3-1)13-19-24-21(23-14-16-9-6-12-26-16)20-17-10-4-5-11-18(17)27-22(20)25-19/h1-3,7-8,16H,4-6,9-14H2,(H,23,24,25). The van der Waals surface area contributed by atoms with Gasteiger partial charge in [-0.05, 0) is 49.7 Å². The molecule has 1 saturated heterocycles. The van der Waals surface area contributed by atoms with Crippen LogP contribution in [0.3, 0.4) is 0 Å². The van der Waals surface area contributed by atoms with Gasteiger partial charge in [-0.25, -0.2) is 9.97 Å². The zero-order valence-corrected chi connectivity index (χ0v) is 16.4. The molecule has 2 aliphatic rings. The van der Waals surface area contributed by atoms with Crippen LogP contribution in [0.1, 0.15) is 47.5 Å². The highest BCUT2D eigenvalue weighted by atomic mass is 32.1. The fraction of sp³-hybridized carbons (Fsp3) is 0.455. The predicted molar refractivity (Wildman–Crippen MR) is 111 cm³/mol. The first-order chi connectivity index (χ1) is 13.4. The lowest BCUT2D eigenvalue weighted by Crippen LogP contribution is -2.19. The molecule has 0 radical (unpaired) electrons. The van der Waals surface area contributed by atoms with Gasteiger partial charge in [0.1, 0.15) is 16.5 Å². The predicted octanol–water partition coefficient (Wildman–Crippen LogP) is 4.75. The molecular weight excluding hydrogens is 354 g/mol. The lowest BCUT2D eigenvalue weighted by molar-refractivity contribution is 0.120. The molecule has 1 fully saturated rings. The van der Waals surface area contributed by atoms with Crippen molar-refractivity contribution in [1.82, 2.24) is 9.97 Å². The number of hydrogen-bond donors (Lipinski definition) is 1. The van der Waals surface area contributed by atoms with Crippen LogP contribution in [0.25, 0.3) is 10.2 Å². The van der Waals surface area contributed by atoms with E-state index in [0.717, 1.165) is 48.9 Å². The van der Waals surface area contributed by atoms with Crippen LogP contribution >= 0.6 is 11.3 Å². The fourth-order valence-corrected chi connectivity index (χ4v) is 5.48. The molecular formula is C22H25N3OS. The summed E-state index contributed by atoms with van der Waals surface area (Å²) in [7, 11) is 0. The van der Waals surface area contributed by atoms with Crippen molar-refractivity contribution in [1.29, 1.82) is 0 Å². The van der Waals surface area contributed by atoms with Gasteiger partial charge < -0.3 is 10.1 Å². The summed E-state index contributed by atoms with van der Waals surface area (Å²) in [5, 5.41) is 4.89. The minimum Gasteiger partial charge on any atom is -0.376 e.